The Labute approximate surface area is 81.1 Å². The standard InChI is InChI=1S/C10H11N3O/c11-7-2-1-3-8-9(7)13-10(14-8)12-6-4-5-6/h1-3,6H,4-5,11H2,(H,12,13). The Hall–Kier alpha value is -1.71. The first kappa shape index (κ1) is 7.67. The highest BCUT2D eigenvalue weighted by molar-refractivity contribution is 5.86. The molecule has 0 bridgehead atoms. The van der Waals surface area contributed by atoms with Gasteiger partial charge in [0.05, 0.1) is 5.69 Å². The summed E-state index contributed by atoms with van der Waals surface area (Å²) in [5, 5.41) is 3.20. The number of para-hydroxylation sites is 1. The van der Waals surface area contributed by atoms with Crippen molar-refractivity contribution in [3.8, 4) is 0 Å². The first-order valence-electron chi connectivity index (χ1n) is 4.74. The van der Waals surface area contributed by atoms with E-state index in [1.54, 1.807) is 0 Å². The summed E-state index contributed by atoms with van der Waals surface area (Å²) in [6, 6.07) is 6.69. The van der Waals surface area contributed by atoms with Crippen LogP contribution in [0.5, 0.6) is 0 Å². The molecule has 0 saturated heterocycles. The van der Waals surface area contributed by atoms with Crippen LogP contribution in [0.4, 0.5) is 11.7 Å². The third-order valence-corrected chi connectivity index (χ3v) is 2.36. The smallest absolute Gasteiger partial charge is 0.295 e. The van der Waals surface area contributed by atoms with E-state index in [1.807, 2.05) is 18.2 Å². The zero-order chi connectivity index (χ0) is 9.54. The van der Waals surface area contributed by atoms with Gasteiger partial charge in [0.15, 0.2) is 5.58 Å². The number of nitrogens with two attached hydrogens (primary N) is 1. The van der Waals surface area contributed by atoms with Crippen LogP contribution in [0.3, 0.4) is 0 Å². The van der Waals surface area contributed by atoms with Crippen molar-refractivity contribution in [3.05, 3.63) is 18.2 Å². The van der Waals surface area contributed by atoms with Crippen molar-refractivity contribution >= 4 is 22.8 Å². The van der Waals surface area contributed by atoms with Crippen molar-refractivity contribution in [2.75, 3.05) is 11.1 Å². The molecule has 1 aromatic heterocycles. The number of nitrogens with zero attached hydrogens (tertiary/aromatic N) is 1. The molecule has 0 amide bonds. The number of rotatable bonds is 2. The number of anilines is 2. The highest BCUT2D eigenvalue weighted by Crippen LogP contribution is 2.28. The number of nitrogens with one attached hydrogen (secondary N) is 1. The molecule has 0 radical (unpaired) electrons. The Morgan fingerprint density at radius 2 is 2.29 bits per heavy atom. The van der Waals surface area contributed by atoms with Gasteiger partial charge in [0.1, 0.15) is 5.52 Å². The molecule has 3 N–H and O–H groups in total. The minimum atomic E-state index is 0.546. The molecule has 1 aromatic carbocycles. The van der Waals surface area contributed by atoms with Gasteiger partial charge in [0, 0.05) is 6.04 Å². The normalized spacial score (nSPS) is 16.0. The van der Waals surface area contributed by atoms with Crippen LogP contribution < -0.4 is 11.1 Å². The lowest BCUT2D eigenvalue weighted by Gasteiger charge is -1.93. The van der Waals surface area contributed by atoms with Crippen LogP contribution in [0.1, 0.15) is 12.8 Å². The number of aromatic nitrogens is 1. The van der Waals surface area contributed by atoms with E-state index in [4.69, 9.17) is 10.2 Å². The van der Waals surface area contributed by atoms with Crippen LogP contribution in [-0.2, 0) is 0 Å². The minimum Gasteiger partial charge on any atom is -0.423 e. The van der Waals surface area contributed by atoms with Gasteiger partial charge in [0.2, 0.25) is 0 Å². The molecular weight excluding hydrogens is 178 g/mol. The van der Waals surface area contributed by atoms with E-state index in [9.17, 15) is 0 Å². The lowest BCUT2D eigenvalue weighted by atomic mass is 10.3. The van der Waals surface area contributed by atoms with Gasteiger partial charge in [-0.15, -0.1) is 0 Å². The summed E-state index contributed by atoms with van der Waals surface area (Å²) in [5.74, 6) is 0. The third kappa shape index (κ3) is 1.19. The largest absolute Gasteiger partial charge is 0.423 e. The lowest BCUT2D eigenvalue weighted by molar-refractivity contribution is 0.614. The van der Waals surface area contributed by atoms with E-state index in [2.05, 4.69) is 10.3 Å². The number of hydrogen-bond acceptors (Lipinski definition) is 4. The summed E-state index contributed by atoms with van der Waals surface area (Å²) in [4.78, 5) is 4.29. The molecule has 4 heteroatoms. The highest BCUT2D eigenvalue weighted by atomic mass is 16.4. The van der Waals surface area contributed by atoms with E-state index in [-0.39, 0.29) is 0 Å². The van der Waals surface area contributed by atoms with Crippen molar-refractivity contribution in [2.24, 2.45) is 0 Å². The molecule has 1 aliphatic carbocycles. The monoisotopic (exact) mass is 189 g/mol. The molecule has 1 aliphatic rings. The number of benzene rings is 1. The number of nitrogen functional groups attached to an aromatic ring is 1. The Morgan fingerprint density at radius 3 is 3.00 bits per heavy atom. The van der Waals surface area contributed by atoms with Crippen LogP contribution in [-0.4, -0.2) is 11.0 Å². The van der Waals surface area contributed by atoms with E-state index < -0.39 is 0 Å². The Kier molecular flexibility index (Phi) is 1.45. The van der Waals surface area contributed by atoms with Crippen molar-refractivity contribution in [1.29, 1.82) is 0 Å². The maximum Gasteiger partial charge on any atom is 0.295 e. The maximum absolute atomic E-state index is 5.77. The van der Waals surface area contributed by atoms with E-state index >= 15 is 0 Å². The van der Waals surface area contributed by atoms with Gasteiger partial charge >= 0.3 is 0 Å². The SMILES string of the molecule is Nc1cccc2oc(NC3CC3)nc12. The van der Waals surface area contributed by atoms with Crippen LogP contribution in [0, 0.1) is 0 Å². The van der Waals surface area contributed by atoms with Crippen LogP contribution in [0.25, 0.3) is 11.1 Å². The predicted octanol–water partition coefficient (Wildman–Crippen LogP) is 1.98. The van der Waals surface area contributed by atoms with Gasteiger partial charge in [-0.25, -0.2) is 0 Å². The fourth-order valence-corrected chi connectivity index (χ4v) is 1.43. The molecule has 0 unspecified atom stereocenters. The zero-order valence-corrected chi connectivity index (χ0v) is 7.66. The molecule has 2 aromatic rings. The second kappa shape index (κ2) is 2.64. The predicted molar refractivity (Wildman–Crippen MR) is 55.1 cm³/mol. The zero-order valence-electron chi connectivity index (χ0n) is 7.66. The molecule has 0 aliphatic heterocycles. The molecule has 4 nitrogen and oxygen atoms in total. The van der Waals surface area contributed by atoms with Gasteiger partial charge < -0.3 is 15.5 Å². The van der Waals surface area contributed by atoms with Gasteiger partial charge in [-0.2, -0.15) is 4.98 Å². The van der Waals surface area contributed by atoms with Crippen LogP contribution in [0.2, 0.25) is 0 Å². The summed E-state index contributed by atoms with van der Waals surface area (Å²) >= 11 is 0. The number of fused-ring (bicyclic) bond motifs is 1. The second-order valence-electron chi connectivity index (χ2n) is 3.63. The quantitative estimate of drug-likeness (QED) is 0.709. The van der Waals surface area contributed by atoms with Crippen molar-refractivity contribution in [2.45, 2.75) is 18.9 Å². The van der Waals surface area contributed by atoms with Gasteiger partial charge in [-0.3, -0.25) is 0 Å². The summed E-state index contributed by atoms with van der Waals surface area (Å²) in [5.41, 5.74) is 7.92. The summed E-state index contributed by atoms with van der Waals surface area (Å²) < 4.78 is 5.50. The van der Waals surface area contributed by atoms with Crippen LogP contribution in [0.15, 0.2) is 22.6 Å². The Morgan fingerprint density at radius 1 is 1.43 bits per heavy atom. The second-order valence-corrected chi connectivity index (χ2v) is 3.63. The van der Waals surface area contributed by atoms with E-state index in [0.29, 0.717) is 17.7 Å². The summed E-state index contributed by atoms with van der Waals surface area (Å²) in [6.45, 7) is 0. The molecule has 1 heterocycles. The van der Waals surface area contributed by atoms with Gasteiger partial charge in [0.25, 0.3) is 6.01 Å². The van der Waals surface area contributed by atoms with Gasteiger partial charge in [-0.1, -0.05) is 6.07 Å². The first-order chi connectivity index (χ1) is 6.83. The third-order valence-electron chi connectivity index (χ3n) is 2.36. The average molecular weight is 189 g/mol. The molecule has 3 rings (SSSR count). The fourth-order valence-electron chi connectivity index (χ4n) is 1.43. The van der Waals surface area contributed by atoms with Crippen molar-refractivity contribution < 1.29 is 4.42 Å². The van der Waals surface area contributed by atoms with Crippen molar-refractivity contribution in [1.82, 2.24) is 4.98 Å². The highest BCUT2D eigenvalue weighted by Gasteiger charge is 2.23. The van der Waals surface area contributed by atoms with E-state index in [0.717, 1.165) is 11.1 Å². The number of oxazole rings is 1. The molecule has 0 atom stereocenters. The molecule has 14 heavy (non-hydrogen) atoms. The molecule has 1 fully saturated rings. The molecule has 0 spiro atoms. The van der Waals surface area contributed by atoms with Crippen LogP contribution >= 0.6 is 0 Å². The minimum absolute atomic E-state index is 0.546. The average Bonchev–Trinajstić information content (AvgIpc) is 2.84. The Balaban J connectivity index is 2.05. The Bertz CT molecular complexity index is 473. The molecule has 72 valence electrons. The fraction of sp³-hybridized carbons (Fsp3) is 0.300. The maximum atomic E-state index is 5.77. The molecule has 1 saturated carbocycles. The van der Waals surface area contributed by atoms with Crippen molar-refractivity contribution in [3.63, 3.8) is 0 Å². The number of hydrogen-bond donors (Lipinski definition) is 2. The van der Waals surface area contributed by atoms with E-state index in [1.165, 1.54) is 12.8 Å². The topological polar surface area (TPSA) is 64.1 Å². The summed E-state index contributed by atoms with van der Waals surface area (Å²) in [7, 11) is 0. The first-order valence-corrected chi connectivity index (χ1v) is 4.74. The van der Waals surface area contributed by atoms with Gasteiger partial charge in [-0.05, 0) is 25.0 Å². The lowest BCUT2D eigenvalue weighted by Crippen LogP contribution is -2.00. The summed E-state index contributed by atoms with van der Waals surface area (Å²) in [6.07, 6.45) is 2.41. The molecular formula is C10H11N3O.